The van der Waals surface area contributed by atoms with Gasteiger partial charge in [0.15, 0.2) is 17.3 Å². The molecule has 3 heterocycles. The van der Waals surface area contributed by atoms with Gasteiger partial charge >= 0.3 is 6.03 Å². The number of urea groups is 1. The Labute approximate surface area is 145 Å². The highest BCUT2D eigenvalue weighted by Crippen LogP contribution is 2.33. The van der Waals surface area contributed by atoms with E-state index in [-0.39, 0.29) is 18.9 Å². The topological polar surface area (TPSA) is 76.8 Å². The molecule has 2 amide bonds. The molecule has 1 N–H and O–H groups in total. The van der Waals surface area contributed by atoms with Crippen LogP contribution in [-0.4, -0.2) is 36.0 Å². The normalized spacial score (nSPS) is 18.6. The number of fused-ring (bicyclic) bond motifs is 1. The largest absolute Gasteiger partial charge is 0.454 e. The molecule has 2 aromatic rings. The molecule has 25 heavy (non-hydrogen) atoms. The van der Waals surface area contributed by atoms with E-state index in [1.807, 2.05) is 36.1 Å². The van der Waals surface area contributed by atoms with Crippen molar-refractivity contribution in [3.63, 3.8) is 0 Å². The average Bonchev–Trinajstić information content (AvgIpc) is 3.34. The number of aryl methyl sites for hydroxylation is 1. The van der Waals surface area contributed by atoms with Gasteiger partial charge in [-0.15, -0.1) is 0 Å². The Balaban J connectivity index is 1.32. The number of nitrogens with zero attached hydrogens (tertiary/aromatic N) is 2. The third kappa shape index (κ3) is 3.26. The summed E-state index contributed by atoms with van der Waals surface area (Å²) < 4.78 is 16.0. The lowest BCUT2D eigenvalue weighted by molar-refractivity contribution is 0.174. The van der Waals surface area contributed by atoms with Gasteiger partial charge in [-0.05, 0) is 43.9 Å². The van der Waals surface area contributed by atoms with E-state index in [1.54, 1.807) is 0 Å². The van der Waals surface area contributed by atoms with Gasteiger partial charge in [0.1, 0.15) is 0 Å². The lowest BCUT2D eigenvalue weighted by Crippen LogP contribution is -2.40. The standard InChI is InChI=1S/C18H21N3O4/c1-12-9-16(25-20-12)14-3-2-8-21(14)18(22)19-7-6-13-4-5-15-17(10-13)24-11-23-15/h4-5,9-10,14H,2-3,6-8,11H2,1H3,(H,19,22)/t14-/m0/s1. The first-order valence-corrected chi connectivity index (χ1v) is 8.57. The van der Waals surface area contributed by atoms with Gasteiger partial charge < -0.3 is 24.2 Å². The second-order valence-electron chi connectivity index (χ2n) is 6.39. The Morgan fingerprint density at radius 1 is 1.32 bits per heavy atom. The zero-order valence-electron chi connectivity index (χ0n) is 14.2. The highest BCUT2D eigenvalue weighted by atomic mass is 16.7. The van der Waals surface area contributed by atoms with E-state index in [1.165, 1.54) is 0 Å². The molecule has 4 rings (SSSR count). The Hall–Kier alpha value is -2.70. The van der Waals surface area contributed by atoms with Gasteiger partial charge in [0.05, 0.1) is 11.7 Å². The minimum Gasteiger partial charge on any atom is -0.454 e. The van der Waals surface area contributed by atoms with Crippen molar-refractivity contribution in [2.75, 3.05) is 19.9 Å². The summed E-state index contributed by atoms with van der Waals surface area (Å²) in [5.41, 5.74) is 1.94. The molecule has 2 aliphatic heterocycles. The molecule has 0 saturated carbocycles. The fourth-order valence-electron chi connectivity index (χ4n) is 3.36. The molecule has 1 atom stereocenters. The molecule has 0 spiro atoms. The van der Waals surface area contributed by atoms with Crippen molar-refractivity contribution in [2.45, 2.75) is 32.2 Å². The summed E-state index contributed by atoms with van der Waals surface area (Å²) in [6, 6.07) is 7.69. The van der Waals surface area contributed by atoms with Crippen molar-refractivity contribution in [3.05, 3.63) is 41.3 Å². The molecule has 0 aliphatic carbocycles. The fourth-order valence-corrected chi connectivity index (χ4v) is 3.36. The summed E-state index contributed by atoms with van der Waals surface area (Å²) >= 11 is 0. The zero-order chi connectivity index (χ0) is 17.2. The van der Waals surface area contributed by atoms with Gasteiger partial charge in [-0.1, -0.05) is 11.2 Å². The molecular weight excluding hydrogens is 322 g/mol. The van der Waals surface area contributed by atoms with Crippen molar-refractivity contribution < 1.29 is 18.8 Å². The number of nitrogens with one attached hydrogen (secondary N) is 1. The molecule has 2 aliphatic rings. The van der Waals surface area contributed by atoms with Crippen LogP contribution in [0, 0.1) is 6.92 Å². The molecule has 1 fully saturated rings. The average molecular weight is 343 g/mol. The predicted octanol–water partition coefficient (Wildman–Crippen LogP) is 2.80. The second-order valence-corrected chi connectivity index (χ2v) is 6.39. The number of rotatable bonds is 4. The Morgan fingerprint density at radius 3 is 3.04 bits per heavy atom. The number of hydrogen-bond acceptors (Lipinski definition) is 5. The third-order valence-corrected chi connectivity index (χ3v) is 4.62. The zero-order valence-corrected chi connectivity index (χ0v) is 14.2. The van der Waals surface area contributed by atoms with Crippen LogP contribution in [0.25, 0.3) is 0 Å². The maximum absolute atomic E-state index is 12.5. The van der Waals surface area contributed by atoms with E-state index in [0.29, 0.717) is 6.54 Å². The summed E-state index contributed by atoms with van der Waals surface area (Å²) in [6.07, 6.45) is 2.62. The molecule has 132 valence electrons. The second kappa shape index (κ2) is 6.66. The van der Waals surface area contributed by atoms with Crippen molar-refractivity contribution in [3.8, 4) is 11.5 Å². The minimum absolute atomic E-state index is 0.0215. The Kier molecular flexibility index (Phi) is 4.21. The maximum atomic E-state index is 12.5. The minimum atomic E-state index is -0.0581. The van der Waals surface area contributed by atoms with E-state index in [4.69, 9.17) is 14.0 Å². The first-order chi connectivity index (χ1) is 12.2. The molecule has 7 nitrogen and oxygen atoms in total. The number of carbonyl (C=O) groups is 1. The van der Waals surface area contributed by atoms with E-state index >= 15 is 0 Å². The highest BCUT2D eigenvalue weighted by Gasteiger charge is 2.32. The van der Waals surface area contributed by atoms with E-state index in [2.05, 4.69) is 10.5 Å². The molecule has 1 aromatic carbocycles. The van der Waals surface area contributed by atoms with Gasteiger partial charge in [0, 0.05) is 19.2 Å². The monoisotopic (exact) mass is 343 g/mol. The van der Waals surface area contributed by atoms with Gasteiger partial charge in [-0.25, -0.2) is 4.79 Å². The van der Waals surface area contributed by atoms with Crippen LogP contribution in [-0.2, 0) is 6.42 Å². The number of hydrogen-bond donors (Lipinski definition) is 1. The maximum Gasteiger partial charge on any atom is 0.318 e. The fraction of sp³-hybridized carbons (Fsp3) is 0.444. The number of benzene rings is 1. The smallest absolute Gasteiger partial charge is 0.318 e. The summed E-state index contributed by atoms with van der Waals surface area (Å²) in [6.45, 7) is 3.46. The summed E-state index contributed by atoms with van der Waals surface area (Å²) in [4.78, 5) is 14.4. The van der Waals surface area contributed by atoms with Gasteiger partial charge in [0.25, 0.3) is 0 Å². The van der Waals surface area contributed by atoms with Crippen LogP contribution in [0.2, 0.25) is 0 Å². The predicted molar refractivity (Wildman–Crippen MR) is 89.6 cm³/mol. The van der Waals surface area contributed by atoms with Crippen molar-refractivity contribution in [2.24, 2.45) is 0 Å². The van der Waals surface area contributed by atoms with Crippen LogP contribution in [0.1, 0.15) is 35.9 Å². The number of carbonyl (C=O) groups excluding carboxylic acids is 1. The molecule has 7 heteroatoms. The van der Waals surface area contributed by atoms with E-state index in [9.17, 15) is 4.79 Å². The molecule has 1 aromatic heterocycles. The molecule has 0 radical (unpaired) electrons. The Morgan fingerprint density at radius 2 is 2.20 bits per heavy atom. The molecular formula is C18H21N3O4. The summed E-state index contributed by atoms with van der Waals surface area (Å²) in [5, 5.41) is 6.93. The van der Waals surface area contributed by atoms with Crippen LogP contribution < -0.4 is 14.8 Å². The quantitative estimate of drug-likeness (QED) is 0.924. The number of ether oxygens (including phenoxy) is 2. The first kappa shape index (κ1) is 15.8. The van der Waals surface area contributed by atoms with Crippen molar-refractivity contribution in [1.29, 1.82) is 0 Å². The van der Waals surface area contributed by atoms with Crippen molar-refractivity contribution >= 4 is 6.03 Å². The molecule has 0 bridgehead atoms. The number of likely N-dealkylation sites (tertiary alicyclic amines) is 1. The lowest BCUT2D eigenvalue weighted by atomic mass is 10.1. The third-order valence-electron chi connectivity index (χ3n) is 4.62. The van der Waals surface area contributed by atoms with E-state index in [0.717, 1.165) is 54.3 Å². The van der Waals surface area contributed by atoms with Gasteiger partial charge in [-0.3, -0.25) is 0 Å². The van der Waals surface area contributed by atoms with E-state index < -0.39 is 0 Å². The molecule has 1 saturated heterocycles. The SMILES string of the molecule is Cc1cc([C@@H]2CCCN2C(=O)NCCc2ccc3c(c2)OCO3)on1. The highest BCUT2D eigenvalue weighted by molar-refractivity contribution is 5.75. The van der Waals surface area contributed by atoms with Crippen LogP contribution in [0.15, 0.2) is 28.8 Å². The van der Waals surface area contributed by atoms with Crippen LogP contribution in [0.3, 0.4) is 0 Å². The first-order valence-electron chi connectivity index (χ1n) is 8.57. The Bertz CT molecular complexity index is 773. The van der Waals surface area contributed by atoms with Crippen LogP contribution in [0.5, 0.6) is 11.5 Å². The summed E-state index contributed by atoms with van der Waals surface area (Å²) in [7, 11) is 0. The molecule has 0 unspecified atom stereocenters. The van der Waals surface area contributed by atoms with Crippen LogP contribution in [0.4, 0.5) is 4.79 Å². The number of aromatic nitrogens is 1. The lowest BCUT2D eigenvalue weighted by Gasteiger charge is -2.23. The van der Waals surface area contributed by atoms with Gasteiger partial charge in [0.2, 0.25) is 6.79 Å². The van der Waals surface area contributed by atoms with Crippen molar-refractivity contribution in [1.82, 2.24) is 15.4 Å². The van der Waals surface area contributed by atoms with Crippen LogP contribution >= 0.6 is 0 Å². The number of amides is 2. The summed E-state index contributed by atoms with van der Waals surface area (Å²) in [5.74, 6) is 2.31. The van der Waals surface area contributed by atoms with Gasteiger partial charge in [-0.2, -0.15) is 0 Å².